The maximum Gasteiger partial charge on any atom is 0.254 e. The van der Waals surface area contributed by atoms with Gasteiger partial charge in [-0.25, -0.2) is 9.97 Å². The van der Waals surface area contributed by atoms with E-state index in [0.29, 0.717) is 17.4 Å². The van der Waals surface area contributed by atoms with Gasteiger partial charge in [0.25, 0.3) is 5.56 Å². The average Bonchev–Trinajstić information content (AvgIpc) is 3.01. The number of pyridine rings is 1. The summed E-state index contributed by atoms with van der Waals surface area (Å²) in [6, 6.07) is 4.48. The van der Waals surface area contributed by atoms with Crippen LogP contribution in [0.2, 0.25) is 0 Å². The van der Waals surface area contributed by atoms with E-state index in [1.54, 1.807) is 13.1 Å². The Hall–Kier alpha value is -2.21. The number of likely N-dealkylation sites (N-methyl/N-ethyl adjacent to an activating group) is 1. The number of nitrogens with one attached hydrogen (secondary N) is 2. The molecule has 1 atom stereocenters. The molecule has 3 heterocycles. The number of anilines is 1. The molecule has 6 heteroatoms. The van der Waals surface area contributed by atoms with Gasteiger partial charge in [-0.2, -0.15) is 0 Å². The molecule has 3 rings (SSSR count). The molecular formula is C16H21N5O. The molecule has 1 unspecified atom stereocenters. The fourth-order valence-corrected chi connectivity index (χ4v) is 2.70. The Balaban J connectivity index is 1.84. The van der Waals surface area contributed by atoms with Crippen molar-refractivity contribution < 1.29 is 0 Å². The molecule has 0 spiro atoms. The lowest BCUT2D eigenvalue weighted by Crippen LogP contribution is -2.29. The van der Waals surface area contributed by atoms with Crippen LogP contribution in [0.4, 0.5) is 5.82 Å². The number of aromatic nitrogens is 3. The van der Waals surface area contributed by atoms with Crippen LogP contribution in [0.1, 0.15) is 17.7 Å². The number of aromatic amines is 1. The fourth-order valence-electron chi connectivity index (χ4n) is 2.70. The van der Waals surface area contributed by atoms with Gasteiger partial charge in [-0.05, 0) is 39.4 Å². The van der Waals surface area contributed by atoms with Gasteiger partial charge in [-0.1, -0.05) is 0 Å². The largest absolute Gasteiger partial charge is 0.355 e. The van der Waals surface area contributed by atoms with E-state index in [9.17, 15) is 4.79 Å². The highest BCUT2D eigenvalue weighted by Gasteiger charge is 2.21. The van der Waals surface area contributed by atoms with Crippen molar-refractivity contribution in [2.24, 2.45) is 0 Å². The van der Waals surface area contributed by atoms with E-state index in [1.165, 1.54) is 0 Å². The number of aryl methyl sites for hydroxylation is 1. The highest BCUT2D eigenvalue weighted by atomic mass is 16.1. The van der Waals surface area contributed by atoms with E-state index >= 15 is 0 Å². The third-order valence-electron chi connectivity index (χ3n) is 4.34. The highest BCUT2D eigenvalue weighted by molar-refractivity contribution is 5.56. The van der Waals surface area contributed by atoms with Crippen molar-refractivity contribution in [3.05, 3.63) is 39.9 Å². The summed E-state index contributed by atoms with van der Waals surface area (Å²) in [4.78, 5) is 25.9. The normalized spacial score (nSPS) is 18.0. The van der Waals surface area contributed by atoms with Gasteiger partial charge in [0.2, 0.25) is 0 Å². The molecule has 0 radical (unpaired) electrons. The number of H-pyrrole nitrogens is 1. The summed E-state index contributed by atoms with van der Waals surface area (Å²) >= 11 is 0. The second-order valence-electron chi connectivity index (χ2n) is 5.75. The molecule has 1 saturated heterocycles. The summed E-state index contributed by atoms with van der Waals surface area (Å²) in [5, 5.41) is 3.30. The van der Waals surface area contributed by atoms with Gasteiger partial charge in [0.05, 0.1) is 0 Å². The minimum absolute atomic E-state index is 0.0945. The topological polar surface area (TPSA) is 73.9 Å². The summed E-state index contributed by atoms with van der Waals surface area (Å²) in [6.45, 7) is 5.61. The molecule has 2 aromatic rings. The molecule has 1 fully saturated rings. The van der Waals surface area contributed by atoms with Crippen molar-refractivity contribution in [1.29, 1.82) is 0 Å². The molecule has 0 aliphatic carbocycles. The predicted molar refractivity (Wildman–Crippen MR) is 87.2 cm³/mol. The Kier molecular flexibility index (Phi) is 3.94. The summed E-state index contributed by atoms with van der Waals surface area (Å²) in [6.07, 6.45) is 2.90. The van der Waals surface area contributed by atoms with Gasteiger partial charge in [-0.15, -0.1) is 0 Å². The highest BCUT2D eigenvalue weighted by Crippen LogP contribution is 2.21. The van der Waals surface area contributed by atoms with Gasteiger partial charge in [0.15, 0.2) is 0 Å². The van der Waals surface area contributed by atoms with E-state index in [4.69, 9.17) is 0 Å². The minimum atomic E-state index is -0.0945. The first kappa shape index (κ1) is 14.7. The number of nitrogens with zero attached hydrogens (tertiary/aromatic N) is 3. The van der Waals surface area contributed by atoms with Gasteiger partial charge in [0.1, 0.15) is 11.6 Å². The second kappa shape index (κ2) is 5.88. The number of rotatable bonds is 3. The van der Waals surface area contributed by atoms with E-state index in [0.717, 1.165) is 36.6 Å². The average molecular weight is 299 g/mol. The minimum Gasteiger partial charge on any atom is -0.355 e. The molecule has 22 heavy (non-hydrogen) atoms. The van der Waals surface area contributed by atoms with Crippen LogP contribution in [0.5, 0.6) is 0 Å². The van der Waals surface area contributed by atoms with Crippen LogP contribution < -0.4 is 15.8 Å². The van der Waals surface area contributed by atoms with E-state index in [1.807, 2.05) is 26.1 Å². The first-order chi connectivity index (χ1) is 10.6. The molecule has 0 aromatic carbocycles. The molecule has 0 saturated carbocycles. The number of hydrogen-bond acceptors (Lipinski definition) is 5. The van der Waals surface area contributed by atoms with Crippen LogP contribution in [0.25, 0.3) is 11.4 Å². The zero-order valence-electron chi connectivity index (χ0n) is 13.2. The molecular weight excluding hydrogens is 278 g/mol. The lowest BCUT2D eigenvalue weighted by Gasteiger charge is -2.17. The summed E-state index contributed by atoms with van der Waals surface area (Å²) in [7, 11) is 1.99. The number of hydrogen-bond donors (Lipinski definition) is 2. The Bertz CT molecular complexity index is 722. The molecule has 2 N–H and O–H groups in total. The zero-order chi connectivity index (χ0) is 15.7. The Morgan fingerprint density at radius 3 is 2.77 bits per heavy atom. The SMILES string of the molecule is CNC1CCN(c2ccc(-c3nc(C)c(C)c(=O)[nH]3)cn2)C1. The van der Waals surface area contributed by atoms with Crippen LogP contribution in [0.15, 0.2) is 23.1 Å². The van der Waals surface area contributed by atoms with Gasteiger partial charge < -0.3 is 15.2 Å². The first-order valence-corrected chi connectivity index (χ1v) is 7.54. The van der Waals surface area contributed by atoms with E-state index < -0.39 is 0 Å². The summed E-state index contributed by atoms with van der Waals surface area (Å²) in [5.41, 5.74) is 2.14. The quantitative estimate of drug-likeness (QED) is 0.892. The van der Waals surface area contributed by atoms with Crippen molar-refractivity contribution in [3.8, 4) is 11.4 Å². The van der Waals surface area contributed by atoms with Crippen molar-refractivity contribution in [3.63, 3.8) is 0 Å². The monoisotopic (exact) mass is 299 g/mol. The van der Waals surface area contributed by atoms with Crippen molar-refractivity contribution >= 4 is 5.82 Å². The summed E-state index contributed by atoms with van der Waals surface area (Å²) in [5.74, 6) is 1.54. The van der Waals surface area contributed by atoms with Crippen molar-refractivity contribution in [2.45, 2.75) is 26.3 Å². The molecule has 0 bridgehead atoms. The summed E-state index contributed by atoms with van der Waals surface area (Å²) < 4.78 is 0. The smallest absolute Gasteiger partial charge is 0.254 e. The predicted octanol–water partition coefficient (Wildman–Crippen LogP) is 1.25. The fraction of sp³-hybridized carbons (Fsp3) is 0.438. The lowest BCUT2D eigenvalue weighted by atomic mass is 10.2. The standard InChI is InChI=1S/C16H21N5O/c1-10-11(2)19-15(20-16(10)22)12-4-5-14(18-8-12)21-7-6-13(9-21)17-3/h4-5,8,13,17H,6-7,9H2,1-3H3,(H,19,20,22). The Morgan fingerprint density at radius 2 is 2.18 bits per heavy atom. The maximum absolute atomic E-state index is 11.8. The maximum atomic E-state index is 11.8. The molecule has 1 aliphatic heterocycles. The first-order valence-electron chi connectivity index (χ1n) is 7.54. The van der Waals surface area contributed by atoms with Crippen LogP contribution in [-0.2, 0) is 0 Å². The van der Waals surface area contributed by atoms with Gasteiger partial charge >= 0.3 is 0 Å². The Labute approximate surface area is 129 Å². The second-order valence-corrected chi connectivity index (χ2v) is 5.75. The third-order valence-corrected chi connectivity index (χ3v) is 4.34. The van der Waals surface area contributed by atoms with E-state index in [-0.39, 0.29) is 5.56 Å². The van der Waals surface area contributed by atoms with Gasteiger partial charge in [0, 0.05) is 42.1 Å². The zero-order valence-corrected chi connectivity index (χ0v) is 13.2. The van der Waals surface area contributed by atoms with Gasteiger partial charge in [-0.3, -0.25) is 4.79 Å². The van der Waals surface area contributed by atoms with Crippen molar-refractivity contribution in [2.75, 3.05) is 25.0 Å². The molecule has 1 aliphatic rings. The van der Waals surface area contributed by atoms with Crippen molar-refractivity contribution in [1.82, 2.24) is 20.3 Å². The molecule has 2 aromatic heterocycles. The lowest BCUT2D eigenvalue weighted by molar-refractivity contribution is 0.616. The molecule has 0 amide bonds. The van der Waals surface area contributed by atoms with E-state index in [2.05, 4.69) is 25.2 Å². The third kappa shape index (κ3) is 2.74. The van der Waals surface area contributed by atoms with Crippen LogP contribution in [0.3, 0.4) is 0 Å². The van der Waals surface area contributed by atoms with Crippen LogP contribution in [0, 0.1) is 13.8 Å². The Morgan fingerprint density at radius 1 is 1.36 bits per heavy atom. The molecule has 6 nitrogen and oxygen atoms in total. The van der Waals surface area contributed by atoms with Crippen LogP contribution in [-0.4, -0.2) is 41.1 Å². The molecule has 116 valence electrons. The van der Waals surface area contributed by atoms with Crippen LogP contribution >= 0.6 is 0 Å².